The Morgan fingerprint density at radius 2 is 2.64 bits per heavy atom. The van der Waals surface area contributed by atoms with Gasteiger partial charge in [0, 0.05) is 12.8 Å². The molecule has 11 heavy (non-hydrogen) atoms. The van der Waals surface area contributed by atoms with Crippen molar-refractivity contribution in [3.8, 4) is 0 Å². The lowest BCUT2D eigenvalue weighted by atomic mass is 10.2. The summed E-state index contributed by atoms with van der Waals surface area (Å²) in [5, 5.41) is 17.8. The molecule has 1 heterocycles. The maximum atomic E-state index is 10.5. The molecule has 0 aliphatic carbocycles. The normalized spacial score (nSPS) is 9.55. The lowest BCUT2D eigenvalue weighted by molar-refractivity contribution is -0.129. The molecule has 6 nitrogen and oxygen atoms in total. The van der Waals surface area contributed by atoms with Crippen molar-refractivity contribution in [1.82, 2.24) is 20.9 Å². The van der Waals surface area contributed by atoms with Gasteiger partial charge in [-0.1, -0.05) is 0 Å². The first kappa shape index (κ1) is 7.67. The van der Waals surface area contributed by atoms with Gasteiger partial charge >= 0.3 is 0 Å². The molecule has 0 bridgehead atoms. The minimum Gasteiger partial charge on any atom is -0.289 e. The van der Waals surface area contributed by atoms with Crippen LogP contribution in [0, 0.1) is 0 Å². The fraction of sp³-hybridized carbons (Fsp3) is 0.400. The largest absolute Gasteiger partial charge is 0.289 e. The van der Waals surface area contributed by atoms with Crippen LogP contribution in [0.5, 0.6) is 0 Å². The van der Waals surface area contributed by atoms with E-state index in [1.165, 1.54) is 11.7 Å². The lowest BCUT2D eigenvalue weighted by Crippen LogP contribution is -2.18. The first-order chi connectivity index (χ1) is 5.33. The molecule has 1 amide bonds. The second-order valence-corrected chi connectivity index (χ2v) is 2.00. The molecule has 0 unspecified atom stereocenters. The number of aromatic amines is 1. The Morgan fingerprint density at radius 1 is 1.82 bits per heavy atom. The molecular formula is C5H8N4O2. The zero-order chi connectivity index (χ0) is 8.10. The van der Waals surface area contributed by atoms with E-state index in [2.05, 4.69) is 15.4 Å². The number of hydrogen-bond donors (Lipinski definition) is 3. The molecule has 1 aromatic rings. The van der Waals surface area contributed by atoms with Crippen molar-refractivity contribution in [3.05, 3.63) is 11.9 Å². The molecule has 0 saturated heterocycles. The van der Waals surface area contributed by atoms with E-state index < -0.39 is 5.91 Å². The summed E-state index contributed by atoms with van der Waals surface area (Å²) in [5.74, 6) is -0.423. The quantitative estimate of drug-likeness (QED) is 0.396. The predicted molar refractivity (Wildman–Crippen MR) is 34.6 cm³/mol. The number of carbonyl (C=O) groups is 1. The van der Waals surface area contributed by atoms with Crippen LogP contribution in [0.3, 0.4) is 0 Å². The number of hydroxylamine groups is 1. The highest BCUT2D eigenvalue weighted by molar-refractivity contribution is 5.74. The van der Waals surface area contributed by atoms with E-state index in [1.54, 1.807) is 0 Å². The Morgan fingerprint density at radius 3 is 3.18 bits per heavy atom. The standard InChI is InChI=1S/C5H8N4O2/c10-5(8-11)2-1-4-3-6-9-7-4/h3,11H,1-2H2,(H,8,10)(H,6,7,9). The molecule has 1 aromatic heterocycles. The van der Waals surface area contributed by atoms with Gasteiger partial charge in [0.1, 0.15) is 0 Å². The summed E-state index contributed by atoms with van der Waals surface area (Å²) in [5.41, 5.74) is 2.23. The summed E-state index contributed by atoms with van der Waals surface area (Å²) >= 11 is 0. The van der Waals surface area contributed by atoms with Crippen molar-refractivity contribution in [3.63, 3.8) is 0 Å². The van der Waals surface area contributed by atoms with Crippen LogP contribution in [0.25, 0.3) is 0 Å². The molecule has 0 saturated carbocycles. The fourth-order valence-corrected chi connectivity index (χ4v) is 0.643. The van der Waals surface area contributed by atoms with Crippen LogP contribution in [0.1, 0.15) is 12.1 Å². The zero-order valence-corrected chi connectivity index (χ0v) is 5.74. The van der Waals surface area contributed by atoms with Gasteiger partial charge in [0.25, 0.3) is 0 Å². The van der Waals surface area contributed by atoms with Gasteiger partial charge in [-0.2, -0.15) is 15.4 Å². The zero-order valence-electron chi connectivity index (χ0n) is 5.74. The first-order valence-corrected chi connectivity index (χ1v) is 3.10. The minimum atomic E-state index is -0.423. The number of hydrogen-bond acceptors (Lipinski definition) is 4. The molecule has 0 spiro atoms. The maximum Gasteiger partial charge on any atom is 0.243 e. The molecule has 0 aliphatic heterocycles. The van der Waals surface area contributed by atoms with Crippen LogP contribution in [0.2, 0.25) is 0 Å². The number of aromatic nitrogens is 3. The average Bonchev–Trinajstić information content (AvgIpc) is 2.52. The number of amides is 1. The van der Waals surface area contributed by atoms with Crippen molar-refractivity contribution in [1.29, 1.82) is 0 Å². The Hall–Kier alpha value is -1.43. The van der Waals surface area contributed by atoms with E-state index in [0.717, 1.165) is 0 Å². The fourth-order valence-electron chi connectivity index (χ4n) is 0.643. The van der Waals surface area contributed by atoms with Gasteiger partial charge in [-0.05, 0) is 0 Å². The maximum absolute atomic E-state index is 10.5. The summed E-state index contributed by atoms with van der Waals surface area (Å²) in [7, 11) is 0. The topological polar surface area (TPSA) is 90.9 Å². The highest BCUT2D eigenvalue weighted by Gasteiger charge is 2.01. The number of H-pyrrole nitrogens is 1. The third kappa shape index (κ3) is 2.34. The van der Waals surface area contributed by atoms with E-state index >= 15 is 0 Å². The number of nitrogens with zero attached hydrogens (tertiary/aromatic N) is 2. The number of rotatable bonds is 3. The van der Waals surface area contributed by atoms with Crippen LogP contribution in [-0.4, -0.2) is 26.5 Å². The third-order valence-electron chi connectivity index (χ3n) is 1.20. The smallest absolute Gasteiger partial charge is 0.243 e. The van der Waals surface area contributed by atoms with Crippen LogP contribution in [-0.2, 0) is 11.2 Å². The third-order valence-corrected chi connectivity index (χ3v) is 1.20. The van der Waals surface area contributed by atoms with E-state index in [0.29, 0.717) is 12.1 Å². The van der Waals surface area contributed by atoms with Gasteiger partial charge in [0.2, 0.25) is 5.91 Å². The van der Waals surface area contributed by atoms with E-state index in [-0.39, 0.29) is 6.42 Å². The summed E-state index contributed by atoms with van der Waals surface area (Å²) in [6, 6.07) is 0. The van der Waals surface area contributed by atoms with E-state index in [9.17, 15) is 4.79 Å². The molecule has 0 aromatic carbocycles. The molecule has 0 fully saturated rings. The van der Waals surface area contributed by atoms with E-state index in [1.807, 2.05) is 0 Å². The molecule has 3 N–H and O–H groups in total. The highest BCUT2D eigenvalue weighted by atomic mass is 16.5. The summed E-state index contributed by atoms with van der Waals surface area (Å²) in [6.45, 7) is 0. The van der Waals surface area contributed by atoms with Crippen molar-refractivity contribution >= 4 is 5.91 Å². The summed E-state index contributed by atoms with van der Waals surface area (Å²) < 4.78 is 0. The van der Waals surface area contributed by atoms with Crippen LogP contribution in [0.4, 0.5) is 0 Å². The second kappa shape index (κ2) is 3.67. The molecule has 0 radical (unpaired) electrons. The lowest BCUT2D eigenvalue weighted by Gasteiger charge is -1.93. The monoisotopic (exact) mass is 156 g/mol. The Balaban J connectivity index is 2.29. The predicted octanol–water partition coefficient (Wildman–Crippen LogP) is -0.757. The molecule has 0 aliphatic rings. The molecule has 0 atom stereocenters. The van der Waals surface area contributed by atoms with Crippen molar-refractivity contribution in [2.75, 3.05) is 0 Å². The van der Waals surface area contributed by atoms with Gasteiger partial charge in [-0.15, -0.1) is 0 Å². The Bertz CT molecular complexity index is 220. The van der Waals surface area contributed by atoms with Crippen molar-refractivity contribution < 1.29 is 10.0 Å². The summed E-state index contributed by atoms with van der Waals surface area (Å²) in [4.78, 5) is 10.5. The Kier molecular flexibility index (Phi) is 2.56. The highest BCUT2D eigenvalue weighted by Crippen LogP contribution is 1.94. The van der Waals surface area contributed by atoms with Crippen LogP contribution >= 0.6 is 0 Å². The van der Waals surface area contributed by atoms with Gasteiger partial charge in [-0.25, -0.2) is 5.48 Å². The summed E-state index contributed by atoms with van der Waals surface area (Å²) in [6.07, 6.45) is 2.22. The first-order valence-electron chi connectivity index (χ1n) is 3.10. The molecule has 6 heteroatoms. The van der Waals surface area contributed by atoms with Crippen LogP contribution < -0.4 is 5.48 Å². The SMILES string of the molecule is O=C(CCc1cn[nH]n1)NO. The van der Waals surface area contributed by atoms with Gasteiger partial charge in [0.15, 0.2) is 0 Å². The molecular weight excluding hydrogens is 148 g/mol. The molecule has 60 valence electrons. The number of aryl methyl sites for hydroxylation is 1. The van der Waals surface area contributed by atoms with Gasteiger partial charge in [-0.3, -0.25) is 10.0 Å². The van der Waals surface area contributed by atoms with Gasteiger partial charge < -0.3 is 0 Å². The average molecular weight is 156 g/mol. The molecule has 1 rings (SSSR count). The minimum absolute atomic E-state index is 0.211. The van der Waals surface area contributed by atoms with Gasteiger partial charge in [0.05, 0.1) is 11.9 Å². The van der Waals surface area contributed by atoms with Crippen molar-refractivity contribution in [2.45, 2.75) is 12.8 Å². The van der Waals surface area contributed by atoms with Crippen molar-refractivity contribution in [2.24, 2.45) is 0 Å². The Labute approximate surface area is 62.6 Å². The van der Waals surface area contributed by atoms with Crippen LogP contribution in [0.15, 0.2) is 6.20 Å². The number of nitrogens with one attached hydrogen (secondary N) is 2. The van der Waals surface area contributed by atoms with E-state index in [4.69, 9.17) is 5.21 Å². The number of carbonyl (C=O) groups excluding carboxylic acids is 1. The second-order valence-electron chi connectivity index (χ2n) is 2.00.